The molecule has 0 aliphatic rings. The summed E-state index contributed by atoms with van der Waals surface area (Å²) in [5, 5.41) is 17.2. The van der Waals surface area contributed by atoms with Crippen LogP contribution in [0, 0.1) is 0 Å². The van der Waals surface area contributed by atoms with E-state index in [1.54, 1.807) is 6.92 Å². The van der Waals surface area contributed by atoms with Gasteiger partial charge in [-0.2, -0.15) is 0 Å². The molecule has 0 bridgehead atoms. The SMILES string of the molecule is C=CC(=O)OC.CCOC(=O)C(C=C(C)C(=O)O)=CO. The average Bonchev–Trinajstić information content (AvgIpc) is 2.44. The highest BCUT2D eigenvalue weighted by Crippen LogP contribution is 2.04. The number of ether oxygens (including phenoxy) is 2. The summed E-state index contributed by atoms with van der Waals surface area (Å²) < 4.78 is 8.71. The van der Waals surface area contributed by atoms with Crippen molar-refractivity contribution in [1.29, 1.82) is 0 Å². The Morgan fingerprint density at radius 3 is 2.10 bits per heavy atom. The molecule has 0 aromatic carbocycles. The van der Waals surface area contributed by atoms with Crippen molar-refractivity contribution < 1.29 is 34.1 Å². The van der Waals surface area contributed by atoms with E-state index >= 15 is 0 Å². The Labute approximate surface area is 116 Å². The Balaban J connectivity index is 0. The number of hydrogen-bond donors (Lipinski definition) is 2. The summed E-state index contributed by atoms with van der Waals surface area (Å²) in [6.07, 6.45) is 2.67. The van der Waals surface area contributed by atoms with Gasteiger partial charge >= 0.3 is 17.9 Å². The number of methoxy groups -OCH3 is 1. The van der Waals surface area contributed by atoms with E-state index in [4.69, 9.17) is 10.2 Å². The van der Waals surface area contributed by atoms with Crippen molar-refractivity contribution >= 4 is 17.9 Å². The Bertz CT molecular complexity index is 418. The topological polar surface area (TPSA) is 110 Å². The van der Waals surface area contributed by atoms with Crippen molar-refractivity contribution in [1.82, 2.24) is 0 Å². The lowest BCUT2D eigenvalue weighted by Gasteiger charge is -2.01. The zero-order valence-electron chi connectivity index (χ0n) is 11.6. The number of carbonyl (C=O) groups excluding carboxylic acids is 2. The minimum Gasteiger partial charge on any atom is -0.515 e. The summed E-state index contributed by atoms with van der Waals surface area (Å²) in [6.45, 7) is 6.24. The molecule has 7 nitrogen and oxygen atoms in total. The van der Waals surface area contributed by atoms with E-state index in [9.17, 15) is 14.4 Å². The van der Waals surface area contributed by atoms with Gasteiger partial charge in [-0.25, -0.2) is 14.4 Å². The molecule has 0 radical (unpaired) electrons. The van der Waals surface area contributed by atoms with E-state index in [0.717, 1.165) is 12.2 Å². The maximum atomic E-state index is 11.0. The number of esters is 2. The predicted octanol–water partition coefficient (Wildman–Crippen LogP) is 1.37. The first-order valence-corrected chi connectivity index (χ1v) is 5.47. The van der Waals surface area contributed by atoms with Crippen molar-refractivity contribution in [2.75, 3.05) is 13.7 Å². The van der Waals surface area contributed by atoms with Crippen LogP contribution in [0.15, 0.2) is 36.1 Å². The summed E-state index contributed by atoms with van der Waals surface area (Å²) in [5.41, 5.74) is -0.245. The zero-order valence-corrected chi connectivity index (χ0v) is 11.6. The van der Waals surface area contributed by atoms with Gasteiger partial charge in [0.2, 0.25) is 0 Å². The van der Waals surface area contributed by atoms with Crippen LogP contribution in [0.2, 0.25) is 0 Å². The molecule has 0 saturated heterocycles. The quantitative estimate of drug-likeness (QED) is 0.340. The molecule has 0 saturated carbocycles. The van der Waals surface area contributed by atoms with Crippen LogP contribution in [-0.2, 0) is 23.9 Å². The molecule has 0 atom stereocenters. The van der Waals surface area contributed by atoms with E-state index < -0.39 is 17.9 Å². The molecular formula is C13H18O7. The number of aliphatic hydroxyl groups is 1. The Kier molecular flexibility index (Phi) is 11.4. The van der Waals surface area contributed by atoms with Gasteiger partial charge in [-0.3, -0.25) is 0 Å². The summed E-state index contributed by atoms with van der Waals surface area (Å²) >= 11 is 0. The summed E-state index contributed by atoms with van der Waals surface area (Å²) in [4.78, 5) is 31.3. The highest BCUT2D eigenvalue weighted by atomic mass is 16.5. The Hall–Kier alpha value is -2.57. The van der Waals surface area contributed by atoms with Gasteiger partial charge in [0.15, 0.2) is 0 Å². The first kappa shape index (κ1) is 19.8. The number of aliphatic hydroxyl groups excluding tert-OH is 1. The fourth-order valence-electron chi connectivity index (χ4n) is 0.742. The first-order chi connectivity index (χ1) is 9.33. The highest BCUT2D eigenvalue weighted by Gasteiger charge is 2.10. The number of aliphatic carboxylic acids is 1. The number of carboxylic acid groups (broad SMARTS) is 1. The van der Waals surface area contributed by atoms with Crippen molar-refractivity contribution in [3.8, 4) is 0 Å². The third kappa shape index (κ3) is 9.46. The van der Waals surface area contributed by atoms with Gasteiger partial charge < -0.3 is 19.7 Å². The molecule has 0 aromatic rings. The number of carbonyl (C=O) groups is 3. The second-order valence-corrected chi connectivity index (χ2v) is 3.16. The molecule has 0 heterocycles. The third-order valence-corrected chi connectivity index (χ3v) is 1.73. The van der Waals surface area contributed by atoms with Crippen LogP contribution in [0.1, 0.15) is 13.8 Å². The van der Waals surface area contributed by atoms with Crippen molar-refractivity contribution in [3.05, 3.63) is 36.1 Å². The normalized spacial score (nSPS) is 10.8. The maximum absolute atomic E-state index is 11.0. The van der Waals surface area contributed by atoms with Crippen LogP contribution in [-0.4, -0.2) is 41.8 Å². The van der Waals surface area contributed by atoms with Gasteiger partial charge in [0.25, 0.3) is 0 Å². The Morgan fingerprint density at radius 1 is 1.30 bits per heavy atom. The molecule has 20 heavy (non-hydrogen) atoms. The van der Waals surface area contributed by atoms with Crippen LogP contribution in [0.5, 0.6) is 0 Å². The van der Waals surface area contributed by atoms with Crippen molar-refractivity contribution in [2.45, 2.75) is 13.8 Å². The van der Waals surface area contributed by atoms with Gasteiger partial charge in [0.1, 0.15) is 0 Å². The lowest BCUT2D eigenvalue weighted by molar-refractivity contribution is -0.138. The molecule has 0 amide bonds. The molecule has 0 aliphatic heterocycles. The molecule has 0 fully saturated rings. The minimum atomic E-state index is -1.16. The number of hydrogen-bond acceptors (Lipinski definition) is 6. The molecule has 0 rings (SSSR count). The molecule has 2 N–H and O–H groups in total. The van der Waals surface area contributed by atoms with Crippen LogP contribution in [0.25, 0.3) is 0 Å². The predicted molar refractivity (Wildman–Crippen MR) is 71.0 cm³/mol. The van der Waals surface area contributed by atoms with Crippen molar-refractivity contribution in [2.24, 2.45) is 0 Å². The van der Waals surface area contributed by atoms with E-state index in [1.165, 1.54) is 14.0 Å². The lowest BCUT2D eigenvalue weighted by Crippen LogP contribution is -2.08. The van der Waals surface area contributed by atoms with E-state index in [0.29, 0.717) is 6.26 Å². The van der Waals surface area contributed by atoms with Crippen LogP contribution < -0.4 is 0 Å². The second-order valence-electron chi connectivity index (χ2n) is 3.16. The van der Waals surface area contributed by atoms with Gasteiger partial charge in [0, 0.05) is 11.6 Å². The molecule has 0 spiro atoms. The summed E-state index contributed by atoms with van der Waals surface area (Å²) in [7, 11) is 1.31. The smallest absolute Gasteiger partial charge is 0.341 e. The van der Waals surface area contributed by atoms with Gasteiger partial charge in [-0.15, -0.1) is 0 Å². The van der Waals surface area contributed by atoms with Gasteiger partial charge in [0.05, 0.1) is 25.6 Å². The fraction of sp³-hybridized carbons (Fsp3) is 0.308. The molecule has 0 aliphatic carbocycles. The lowest BCUT2D eigenvalue weighted by atomic mass is 10.2. The zero-order chi connectivity index (χ0) is 16.1. The van der Waals surface area contributed by atoms with Crippen LogP contribution in [0.4, 0.5) is 0 Å². The molecule has 0 aromatic heterocycles. The first-order valence-electron chi connectivity index (χ1n) is 5.47. The summed E-state index contributed by atoms with van der Waals surface area (Å²) in [5.74, 6) is -2.31. The highest BCUT2D eigenvalue weighted by molar-refractivity contribution is 5.95. The molecule has 0 unspecified atom stereocenters. The van der Waals surface area contributed by atoms with Crippen LogP contribution >= 0.6 is 0 Å². The number of rotatable bonds is 5. The van der Waals surface area contributed by atoms with Crippen LogP contribution in [0.3, 0.4) is 0 Å². The van der Waals surface area contributed by atoms with Gasteiger partial charge in [-0.1, -0.05) is 6.58 Å². The Morgan fingerprint density at radius 2 is 1.85 bits per heavy atom. The standard InChI is InChI=1S/C9H12O5.C4H6O2/c1-3-14-9(13)7(5-10)4-6(2)8(11)12;1-3-4(5)6-2/h4-5,10H,3H2,1-2H3,(H,11,12);3H,1H2,2H3. The minimum absolute atomic E-state index is 0.0571. The van der Waals surface area contributed by atoms with Crippen molar-refractivity contribution in [3.63, 3.8) is 0 Å². The molecule has 112 valence electrons. The van der Waals surface area contributed by atoms with E-state index in [-0.39, 0.29) is 17.8 Å². The van der Waals surface area contributed by atoms with E-state index in [1.807, 2.05) is 0 Å². The third-order valence-electron chi connectivity index (χ3n) is 1.73. The fourth-order valence-corrected chi connectivity index (χ4v) is 0.742. The van der Waals surface area contributed by atoms with Gasteiger partial charge in [-0.05, 0) is 19.9 Å². The average molecular weight is 286 g/mol. The maximum Gasteiger partial charge on any atom is 0.341 e. The molecule has 7 heteroatoms. The summed E-state index contributed by atoms with van der Waals surface area (Å²) in [6, 6.07) is 0. The monoisotopic (exact) mass is 286 g/mol. The van der Waals surface area contributed by atoms with E-state index in [2.05, 4.69) is 16.1 Å². The largest absolute Gasteiger partial charge is 0.515 e. The number of carboxylic acids is 1. The second kappa shape index (κ2) is 11.5. The molecular weight excluding hydrogens is 268 g/mol.